The molecule has 3 heteroatoms. The van der Waals surface area contributed by atoms with E-state index in [2.05, 4.69) is 0 Å². The number of nitrogens with two attached hydrogens (primary N) is 1. The molecular weight excluding hydrogens is 154 g/mol. The van der Waals surface area contributed by atoms with E-state index < -0.39 is 18.4 Å². The molecule has 0 unspecified atom stereocenters. The standard InChI is InChI=1S/C9H11NO2/c10-8(9(11)12)6-7-4-2-1-3-5-7/h1-5,8H,6,10H2,(H,11,12)/t8-/m0/s1/i6D/t6-,8-. The molecule has 3 N–H and O–H groups in total. The summed E-state index contributed by atoms with van der Waals surface area (Å²) in [5.41, 5.74) is 5.93. The number of aliphatic carboxylic acids is 1. The summed E-state index contributed by atoms with van der Waals surface area (Å²) < 4.78 is 7.54. The van der Waals surface area contributed by atoms with Crippen molar-refractivity contribution in [3.8, 4) is 0 Å². The smallest absolute Gasteiger partial charge is 0.320 e. The Balaban J connectivity index is 2.79. The van der Waals surface area contributed by atoms with Gasteiger partial charge < -0.3 is 10.8 Å². The summed E-state index contributed by atoms with van der Waals surface area (Å²) in [6, 6.07) is 7.54. The van der Waals surface area contributed by atoms with Gasteiger partial charge in [0.1, 0.15) is 6.04 Å². The van der Waals surface area contributed by atoms with E-state index in [9.17, 15) is 4.79 Å². The molecule has 0 saturated heterocycles. The second kappa shape index (κ2) is 3.88. The maximum atomic E-state index is 10.5. The number of hydrogen-bond donors (Lipinski definition) is 2. The quantitative estimate of drug-likeness (QED) is 0.692. The third kappa shape index (κ3) is 2.36. The number of benzene rings is 1. The van der Waals surface area contributed by atoms with E-state index in [1.807, 2.05) is 6.07 Å². The van der Waals surface area contributed by atoms with E-state index >= 15 is 0 Å². The van der Waals surface area contributed by atoms with Crippen LogP contribution >= 0.6 is 0 Å². The first-order valence-electron chi connectivity index (χ1n) is 4.16. The van der Waals surface area contributed by atoms with Gasteiger partial charge in [-0.2, -0.15) is 0 Å². The van der Waals surface area contributed by atoms with Gasteiger partial charge in [0.25, 0.3) is 0 Å². The van der Waals surface area contributed by atoms with Gasteiger partial charge in [0.2, 0.25) is 0 Å². The minimum absolute atomic E-state index is 0.623. The summed E-state index contributed by atoms with van der Waals surface area (Å²) in [4.78, 5) is 10.5. The van der Waals surface area contributed by atoms with Crippen molar-refractivity contribution in [2.45, 2.75) is 12.4 Å². The number of rotatable bonds is 3. The molecule has 1 rings (SSSR count). The van der Waals surface area contributed by atoms with Crippen LogP contribution in [0.15, 0.2) is 30.3 Å². The minimum atomic E-state index is -1.16. The molecule has 0 aromatic heterocycles. The number of hydrogen-bond acceptors (Lipinski definition) is 2. The molecule has 0 spiro atoms. The first-order valence-corrected chi connectivity index (χ1v) is 3.58. The zero-order chi connectivity index (χ0) is 9.84. The van der Waals surface area contributed by atoms with Gasteiger partial charge >= 0.3 is 5.97 Å². The third-order valence-corrected chi connectivity index (χ3v) is 1.46. The maximum Gasteiger partial charge on any atom is 0.320 e. The predicted octanol–water partition coefficient (Wildman–Crippen LogP) is 0.641. The van der Waals surface area contributed by atoms with Crippen molar-refractivity contribution in [3.05, 3.63) is 35.9 Å². The van der Waals surface area contributed by atoms with Gasteiger partial charge in [0.05, 0.1) is 0 Å². The summed E-state index contributed by atoms with van der Waals surface area (Å²) in [5.74, 6) is -1.15. The van der Waals surface area contributed by atoms with Crippen LogP contribution < -0.4 is 5.73 Å². The molecule has 0 amide bonds. The fraction of sp³-hybridized carbons (Fsp3) is 0.222. The summed E-state index contributed by atoms with van der Waals surface area (Å²) in [5, 5.41) is 8.57. The Labute approximate surface area is 72.2 Å². The van der Waals surface area contributed by atoms with Crippen LogP contribution in [0.2, 0.25) is 0 Å². The second-order valence-corrected chi connectivity index (χ2v) is 2.44. The largest absolute Gasteiger partial charge is 0.480 e. The minimum Gasteiger partial charge on any atom is -0.480 e. The van der Waals surface area contributed by atoms with Crippen LogP contribution in [0.4, 0.5) is 0 Å². The summed E-state index contributed by atoms with van der Waals surface area (Å²) >= 11 is 0. The highest BCUT2D eigenvalue weighted by Crippen LogP contribution is 2.01. The zero-order valence-electron chi connectivity index (χ0n) is 7.47. The first-order chi connectivity index (χ1) is 6.13. The topological polar surface area (TPSA) is 63.3 Å². The fourth-order valence-electron chi connectivity index (χ4n) is 0.843. The highest BCUT2D eigenvalue weighted by atomic mass is 16.4. The van der Waals surface area contributed by atoms with Crippen LogP contribution in [-0.4, -0.2) is 17.1 Å². The van der Waals surface area contributed by atoms with Gasteiger partial charge in [-0.05, 0) is 12.0 Å². The van der Waals surface area contributed by atoms with E-state index in [1.54, 1.807) is 24.3 Å². The van der Waals surface area contributed by atoms with Crippen molar-refractivity contribution in [1.82, 2.24) is 0 Å². The Morgan fingerprint density at radius 3 is 2.67 bits per heavy atom. The first kappa shape index (κ1) is 7.31. The number of carboxylic acids is 1. The normalized spacial score (nSPS) is 16.2. The summed E-state index contributed by atoms with van der Waals surface area (Å²) in [6.07, 6.45) is -0.904. The molecule has 0 aliphatic heterocycles. The lowest BCUT2D eigenvalue weighted by molar-refractivity contribution is -0.138. The molecule has 64 valence electrons. The van der Waals surface area contributed by atoms with E-state index in [0.717, 1.165) is 0 Å². The third-order valence-electron chi connectivity index (χ3n) is 1.46. The Kier molecular flexibility index (Phi) is 2.36. The highest BCUT2D eigenvalue weighted by Gasteiger charge is 2.10. The molecule has 1 aromatic rings. The molecule has 0 radical (unpaired) electrons. The van der Waals surface area contributed by atoms with Gasteiger partial charge in [-0.3, -0.25) is 4.79 Å². The average molecular weight is 166 g/mol. The molecule has 1 aromatic carbocycles. The van der Waals surface area contributed by atoms with Crippen molar-refractivity contribution in [3.63, 3.8) is 0 Å². The molecule has 2 atom stereocenters. The van der Waals surface area contributed by atoms with E-state index in [4.69, 9.17) is 12.2 Å². The van der Waals surface area contributed by atoms with Gasteiger partial charge in [0.15, 0.2) is 0 Å². The Bertz CT molecular complexity index is 289. The molecule has 0 heterocycles. The zero-order valence-corrected chi connectivity index (χ0v) is 6.47. The van der Waals surface area contributed by atoms with Crippen LogP contribution in [-0.2, 0) is 11.2 Å². The molecule has 0 saturated carbocycles. The lowest BCUT2D eigenvalue weighted by atomic mass is 10.1. The Hall–Kier alpha value is -1.35. The average Bonchev–Trinajstić information content (AvgIpc) is 2.17. The highest BCUT2D eigenvalue weighted by molar-refractivity contribution is 5.73. The van der Waals surface area contributed by atoms with E-state index in [-0.39, 0.29) is 0 Å². The fourth-order valence-corrected chi connectivity index (χ4v) is 0.843. The van der Waals surface area contributed by atoms with Gasteiger partial charge in [-0.15, -0.1) is 0 Å². The lowest BCUT2D eigenvalue weighted by Gasteiger charge is -2.04. The SMILES string of the molecule is [2H][C@@H](c1ccccc1)[C@H](N)C(=O)O. The van der Waals surface area contributed by atoms with E-state index in [1.165, 1.54) is 0 Å². The molecule has 0 aliphatic carbocycles. The molecular formula is C9H11NO2. The molecule has 0 aliphatic rings. The van der Waals surface area contributed by atoms with Gasteiger partial charge in [-0.1, -0.05) is 30.3 Å². The Morgan fingerprint density at radius 2 is 2.17 bits per heavy atom. The maximum absolute atomic E-state index is 10.5. The molecule has 12 heavy (non-hydrogen) atoms. The second-order valence-electron chi connectivity index (χ2n) is 2.44. The number of carboxylic acid groups (broad SMARTS) is 1. The van der Waals surface area contributed by atoms with Crippen LogP contribution in [0.25, 0.3) is 0 Å². The lowest BCUT2D eigenvalue weighted by Crippen LogP contribution is -2.32. The van der Waals surface area contributed by atoms with Crippen molar-refractivity contribution < 1.29 is 11.3 Å². The molecule has 3 nitrogen and oxygen atoms in total. The van der Waals surface area contributed by atoms with Crippen molar-refractivity contribution >= 4 is 5.97 Å². The monoisotopic (exact) mass is 166 g/mol. The van der Waals surface area contributed by atoms with Crippen LogP contribution in [0.5, 0.6) is 0 Å². The molecule has 0 fully saturated rings. The van der Waals surface area contributed by atoms with Crippen molar-refractivity contribution in [2.24, 2.45) is 5.73 Å². The predicted molar refractivity (Wildman–Crippen MR) is 45.8 cm³/mol. The summed E-state index contributed by atoms with van der Waals surface area (Å²) in [7, 11) is 0. The van der Waals surface area contributed by atoms with Crippen molar-refractivity contribution in [2.75, 3.05) is 0 Å². The Morgan fingerprint density at radius 1 is 1.58 bits per heavy atom. The van der Waals surface area contributed by atoms with Crippen LogP contribution in [0.1, 0.15) is 6.93 Å². The summed E-state index contributed by atoms with van der Waals surface area (Å²) in [6.45, 7) is 0. The van der Waals surface area contributed by atoms with Crippen molar-refractivity contribution in [1.29, 1.82) is 0 Å². The number of carbonyl (C=O) groups is 1. The molecule has 0 bridgehead atoms. The van der Waals surface area contributed by atoms with E-state index in [0.29, 0.717) is 5.56 Å². The van der Waals surface area contributed by atoms with Gasteiger partial charge in [-0.25, -0.2) is 0 Å². The van der Waals surface area contributed by atoms with Crippen LogP contribution in [0, 0.1) is 0 Å². The van der Waals surface area contributed by atoms with Gasteiger partial charge in [0, 0.05) is 1.37 Å². The van der Waals surface area contributed by atoms with Crippen LogP contribution in [0.3, 0.4) is 0 Å².